The number of thiophene rings is 1. The molecule has 0 radical (unpaired) electrons. The van der Waals surface area contributed by atoms with E-state index in [4.69, 9.17) is 0 Å². The van der Waals surface area contributed by atoms with Gasteiger partial charge in [-0.05, 0) is 6.07 Å². The molecular formula is C13H20N4O2S2. The van der Waals surface area contributed by atoms with Crippen LogP contribution in [0.4, 0.5) is 0 Å². The zero-order valence-corrected chi connectivity index (χ0v) is 13.7. The predicted octanol–water partition coefficient (Wildman–Crippen LogP) is 1.49. The summed E-state index contributed by atoms with van der Waals surface area (Å²) in [6.07, 6.45) is 3.91. The molecule has 0 spiro atoms. The summed E-state index contributed by atoms with van der Waals surface area (Å²) in [4.78, 5) is 8.34. The van der Waals surface area contributed by atoms with Crippen molar-refractivity contribution in [3.8, 4) is 0 Å². The fraction of sp³-hybridized carbons (Fsp3) is 0.462. The largest absolute Gasteiger partial charge is 0.349 e. The molecule has 2 aromatic rings. The molecule has 2 heterocycles. The van der Waals surface area contributed by atoms with Crippen molar-refractivity contribution in [2.45, 2.75) is 37.8 Å². The Morgan fingerprint density at radius 3 is 2.90 bits per heavy atom. The van der Waals surface area contributed by atoms with E-state index in [0.717, 1.165) is 10.7 Å². The Morgan fingerprint density at radius 1 is 1.43 bits per heavy atom. The molecule has 0 fully saturated rings. The van der Waals surface area contributed by atoms with Crippen LogP contribution in [0.1, 0.15) is 24.5 Å². The highest BCUT2D eigenvalue weighted by Gasteiger charge is 2.15. The van der Waals surface area contributed by atoms with Gasteiger partial charge in [-0.25, -0.2) is 18.1 Å². The topological polar surface area (TPSA) is 86.9 Å². The van der Waals surface area contributed by atoms with Crippen LogP contribution < -0.4 is 10.0 Å². The fourth-order valence-electron chi connectivity index (χ4n) is 1.72. The van der Waals surface area contributed by atoms with Crippen molar-refractivity contribution in [3.05, 3.63) is 34.5 Å². The molecule has 2 aromatic heterocycles. The van der Waals surface area contributed by atoms with Crippen LogP contribution in [0.25, 0.3) is 0 Å². The summed E-state index contributed by atoms with van der Waals surface area (Å²) in [6.45, 7) is 5.12. The number of hydrogen-bond acceptors (Lipinski definition) is 5. The molecule has 21 heavy (non-hydrogen) atoms. The smallest absolute Gasteiger partial charge is 0.241 e. The molecule has 0 unspecified atom stereocenters. The van der Waals surface area contributed by atoms with Crippen LogP contribution in [0.3, 0.4) is 0 Å². The molecule has 116 valence electrons. The molecule has 0 saturated heterocycles. The lowest BCUT2D eigenvalue weighted by Crippen LogP contribution is -2.26. The first kappa shape index (κ1) is 16.2. The van der Waals surface area contributed by atoms with Gasteiger partial charge in [0.15, 0.2) is 0 Å². The number of imidazole rings is 1. The molecule has 0 atom stereocenters. The van der Waals surface area contributed by atoms with Crippen LogP contribution in [0.2, 0.25) is 0 Å². The van der Waals surface area contributed by atoms with E-state index in [0.29, 0.717) is 30.4 Å². The Hall–Kier alpha value is -1.22. The molecule has 6 nitrogen and oxygen atoms in total. The fourth-order valence-corrected chi connectivity index (χ4v) is 3.98. The van der Waals surface area contributed by atoms with Gasteiger partial charge < -0.3 is 10.3 Å². The maximum atomic E-state index is 12.2. The first-order valence-corrected chi connectivity index (χ1v) is 9.12. The average molecular weight is 328 g/mol. The number of nitrogens with one attached hydrogen (secondary N) is 3. The number of rotatable bonds is 8. The van der Waals surface area contributed by atoms with Gasteiger partial charge in [0.05, 0.1) is 4.90 Å². The highest BCUT2D eigenvalue weighted by Crippen LogP contribution is 2.19. The van der Waals surface area contributed by atoms with E-state index in [2.05, 4.69) is 33.9 Å². The summed E-state index contributed by atoms with van der Waals surface area (Å²) in [5.41, 5.74) is 0. The molecule has 0 aliphatic carbocycles. The molecule has 0 aliphatic heterocycles. The third kappa shape index (κ3) is 4.92. The second-order valence-electron chi connectivity index (χ2n) is 4.97. The van der Waals surface area contributed by atoms with Crippen molar-refractivity contribution >= 4 is 21.4 Å². The maximum absolute atomic E-state index is 12.2. The summed E-state index contributed by atoms with van der Waals surface area (Å²) < 4.78 is 26.9. The zero-order valence-electron chi connectivity index (χ0n) is 12.1. The molecule has 2 rings (SSSR count). The minimum Gasteiger partial charge on any atom is -0.349 e. The van der Waals surface area contributed by atoms with Gasteiger partial charge >= 0.3 is 0 Å². The van der Waals surface area contributed by atoms with Crippen LogP contribution in [0.5, 0.6) is 0 Å². The monoisotopic (exact) mass is 328 g/mol. The van der Waals surface area contributed by atoms with Gasteiger partial charge in [0, 0.05) is 48.2 Å². The normalized spacial score (nSPS) is 12.1. The van der Waals surface area contributed by atoms with Crippen molar-refractivity contribution in [1.82, 2.24) is 20.0 Å². The molecule has 8 heteroatoms. The minimum absolute atomic E-state index is 0.325. The number of H-pyrrole nitrogens is 1. The highest BCUT2D eigenvalue weighted by molar-refractivity contribution is 7.89. The lowest BCUT2D eigenvalue weighted by molar-refractivity contribution is 0.580. The van der Waals surface area contributed by atoms with Gasteiger partial charge in [0.25, 0.3) is 0 Å². The molecule has 0 amide bonds. The van der Waals surface area contributed by atoms with E-state index >= 15 is 0 Å². The van der Waals surface area contributed by atoms with Crippen LogP contribution in [0.15, 0.2) is 28.7 Å². The first-order chi connectivity index (χ1) is 9.97. The van der Waals surface area contributed by atoms with Crippen LogP contribution in [0, 0.1) is 0 Å². The second-order valence-corrected chi connectivity index (χ2v) is 7.73. The summed E-state index contributed by atoms with van der Waals surface area (Å²) in [5, 5.41) is 4.94. The molecule has 0 aromatic carbocycles. The third-order valence-corrected chi connectivity index (χ3v) is 5.36. The van der Waals surface area contributed by atoms with Crippen molar-refractivity contribution in [3.63, 3.8) is 0 Å². The lowest BCUT2D eigenvalue weighted by Gasteiger charge is -2.05. The standard InChI is InChI=1S/C13H20N4O2S2/c1-10(2)16-8-11-7-12(9-20-11)21(18,19)17-4-3-13-14-5-6-15-13/h5-7,9-10,16-17H,3-4,8H2,1-2H3,(H,14,15). The van der Waals surface area contributed by atoms with Crippen molar-refractivity contribution in [2.75, 3.05) is 6.54 Å². The number of aromatic amines is 1. The summed E-state index contributed by atoms with van der Waals surface area (Å²) >= 11 is 1.45. The summed E-state index contributed by atoms with van der Waals surface area (Å²) in [7, 11) is -3.44. The van der Waals surface area contributed by atoms with E-state index in [-0.39, 0.29) is 0 Å². The number of sulfonamides is 1. The Morgan fingerprint density at radius 2 is 2.24 bits per heavy atom. The quantitative estimate of drug-likeness (QED) is 0.685. The number of hydrogen-bond donors (Lipinski definition) is 3. The van der Waals surface area contributed by atoms with Gasteiger partial charge in [-0.1, -0.05) is 13.8 Å². The van der Waals surface area contributed by atoms with Crippen LogP contribution in [-0.2, 0) is 23.0 Å². The van der Waals surface area contributed by atoms with Gasteiger partial charge in [0.1, 0.15) is 5.82 Å². The van der Waals surface area contributed by atoms with Crippen LogP contribution in [-0.4, -0.2) is 31.0 Å². The zero-order chi connectivity index (χ0) is 15.3. The second kappa shape index (κ2) is 7.17. The van der Waals surface area contributed by atoms with E-state index in [1.807, 2.05) is 0 Å². The third-order valence-electron chi connectivity index (χ3n) is 2.83. The van der Waals surface area contributed by atoms with Gasteiger partial charge in [0.2, 0.25) is 10.0 Å². The summed E-state index contributed by atoms with van der Waals surface area (Å²) in [6, 6.07) is 2.09. The first-order valence-electron chi connectivity index (χ1n) is 6.76. The number of aromatic nitrogens is 2. The van der Waals surface area contributed by atoms with Gasteiger partial charge in [-0.2, -0.15) is 0 Å². The molecule has 0 bridgehead atoms. The van der Waals surface area contributed by atoms with Gasteiger partial charge in [-0.3, -0.25) is 0 Å². The Balaban J connectivity index is 1.89. The predicted molar refractivity (Wildman–Crippen MR) is 83.8 cm³/mol. The van der Waals surface area contributed by atoms with Crippen molar-refractivity contribution < 1.29 is 8.42 Å². The minimum atomic E-state index is -3.44. The Bertz CT molecular complexity index is 648. The van der Waals surface area contributed by atoms with Crippen molar-refractivity contribution in [2.24, 2.45) is 0 Å². The van der Waals surface area contributed by atoms with E-state index in [1.165, 1.54) is 11.3 Å². The SMILES string of the molecule is CC(C)NCc1cc(S(=O)(=O)NCCc2ncc[nH]2)cs1. The number of nitrogens with zero attached hydrogens (tertiary/aromatic N) is 1. The van der Waals surface area contributed by atoms with E-state index in [1.54, 1.807) is 23.8 Å². The molecular weight excluding hydrogens is 308 g/mol. The Labute approximate surface area is 129 Å². The van der Waals surface area contributed by atoms with Crippen molar-refractivity contribution in [1.29, 1.82) is 0 Å². The Kier molecular flexibility index (Phi) is 5.51. The summed E-state index contributed by atoms with van der Waals surface area (Å²) in [5.74, 6) is 0.768. The average Bonchev–Trinajstić information content (AvgIpc) is 3.07. The highest BCUT2D eigenvalue weighted by atomic mass is 32.2. The van der Waals surface area contributed by atoms with Gasteiger partial charge in [-0.15, -0.1) is 11.3 Å². The van der Waals surface area contributed by atoms with E-state index in [9.17, 15) is 8.42 Å². The van der Waals surface area contributed by atoms with Crippen LogP contribution >= 0.6 is 11.3 Å². The van der Waals surface area contributed by atoms with E-state index < -0.39 is 10.0 Å². The molecule has 0 aliphatic rings. The maximum Gasteiger partial charge on any atom is 0.241 e. The molecule has 0 saturated carbocycles. The molecule has 3 N–H and O–H groups in total. The lowest BCUT2D eigenvalue weighted by atomic mass is 10.4.